The minimum absolute atomic E-state index is 0.0829. The van der Waals surface area contributed by atoms with Crippen LogP contribution in [0, 0.1) is 11.6 Å². The van der Waals surface area contributed by atoms with Crippen molar-refractivity contribution in [1.29, 1.82) is 0 Å². The zero-order chi connectivity index (χ0) is 22.5. The van der Waals surface area contributed by atoms with Gasteiger partial charge in [0.25, 0.3) is 0 Å². The Morgan fingerprint density at radius 1 is 1.22 bits per heavy atom. The molecule has 2 aliphatic rings. The molecule has 2 aromatic heterocycles. The Hall–Kier alpha value is -3.07. The Labute approximate surface area is 185 Å². The summed E-state index contributed by atoms with van der Waals surface area (Å²) in [4.78, 5) is 21.8. The summed E-state index contributed by atoms with van der Waals surface area (Å²) in [5.74, 6) is -0.317. The quantitative estimate of drug-likeness (QED) is 0.669. The van der Waals surface area contributed by atoms with Crippen LogP contribution in [0.15, 0.2) is 36.7 Å². The van der Waals surface area contributed by atoms with Crippen LogP contribution >= 0.6 is 0 Å². The van der Waals surface area contributed by atoms with Crippen molar-refractivity contribution in [2.45, 2.75) is 44.2 Å². The molecule has 32 heavy (non-hydrogen) atoms. The molecule has 3 aromatic rings. The molecule has 1 amide bonds. The number of nitrogens with one attached hydrogen (secondary N) is 1. The van der Waals surface area contributed by atoms with Gasteiger partial charge in [-0.05, 0) is 70.5 Å². The molecule has 1 unspecified atom stereocenters. The summed E-state index contributed by atoms with van der Waals surface area (Å²) in [5, 5.41) is 7.31. The zero-order valence-corrected chi connectivity index (χ0v) is 18.2. The summed E-state index contributed by atoms with van der Waals surface area (Å²) >= 11 is 0. The van der Waals surface area contributed by atoms with Crippen LogP contribution in [0.25, 0.3) is 5.65 Å². The Kier molecular flexibility index (Phi) is 5.08. The highest BCUT2D eigenvalue weighted by Crippen LogP contribution is 2.37. The zero-order valence-electron chi connectivity index (χ0n) is 18.2. The topological polar surface area (TPSA) is 65.8 Å². The predicted molar refractivity (Wildman–Crippen MR) is 118 cm³/mol. The molecule has 2 atom stereocenters. The summed E-state index contributed by atoms with van der Waals surface area (Å²) in [6.07, 6.45) is 6.69. The van der Waals surface area contributed by atoms with Gasteiger partial charge in [-0.25, -0.2) is 18.3 Å². The minimum atomic E-state index is -0.569. The number of fused-ring (bicyclic) bond motifs is 1. The van der Waals surface area contributed by atoms with E-state index < -0.39 is 17.2 Å². The summed E-state index contributed by atoms with van der Waals surface area (Å²) in [6, 6.07) is 5.08. The van der Waals surface area contributed by atoms with Crippen LogP contribution in [0.5, 0.6) is 0 Å². The van der Waals surface area contributed by atoms with E-state index in [1.807, 2.05) is 24.9 Å². The smallest absolute Gasteiger partial charge is 0.244 e. The third-order valence-corrected chi connectivity index (χ3v) is 6.96. The van der Waals surface area contributed by atoms with Crippen LogP contribution in [0.2, 0.25) is 0 Å². The van der Waals surface area contributed by atoms with Crippen molar-refractivity contribution in [2.24, 2.45) is 0 Å². The second kappa shape index (κ2) is 7.81. The monoisotopic (exact) mass is 440 g/mol. The van der Waals surface area contributed by atoms with Crippen LogP contribution < -0.4 is 10.2 Å². The van der Waals surface area contributed by atoms with Gasteiger partial charge in [0.15, 0.2) is 5.65 Å². The highest BCUT2D eigenvalue weighted by Gasteiger charge is 2.41. The minimum Gasteiger partial charge on any atom is -0.349 e. The van der Waals surface area contributed by atoms with Gasteiger partial charge in [0.1, 0.15) is 23.1 Å². The molecule has 0 spiro atoms. The molecule has 0 saturated carbocycles. The SMILES string of the molecule is CN1CCC[C@]1(C)C(=O)Nc1cnn2ccc(N3CCCC3c3cc(F)ccc3F)nc12. The summed E-state index contributed by atoms with van der Waals surface area (Å²) in [7, 11) is 1.96. The third kappa shape index (κ3) is 3.40. The van der Waals surface area contributed by atoms with Crippen molar-refractivity contribution in [2.75, 3.05) is 30.4 Å². The van der Waals surface area contributed by atoms with Gasteiger partial charge in [-0.3, -0.25) is 9.69 Å². The summed E-state index contributed by atoms with van der Waals surface area (Å²) in [6.45, 7) is 3.51. The van der Waals surface area contributed by atoms with Gasteiger partial charge < -0.3 is 10.2 Å². The number of halogens is 2. The van der Waals surface area contributed by atoms with Crippen molar-refractivity contribution in [3.8, 4) is 0 Å². The van der Waals surface area contributed by atoms with Gasteiger partial charge in [-0.1, -0.05) is 0 Å². The number of rotatable bonds is 4. The molecule has 168 valence electrons. The maximum Gasteiger partial charge on any atom is 0.244 e. The number of likely N-dealkylation sites (N-methyl/N-ethyl adjacent to an activating group) is 1. The second-order valence-electron chi connectivity index (χ2n) is 8.88. The standard InChI is InChI=1S/C23H26F2N6O/c1-23(9-4-10-29(23)2)22(32)27-18-14-26-31-12-8-20(28-21(18)31)30-11-3-5-19(30)16-13-15(24)6-7-17(16)25/h6-8,12-14,19H,3-5,9-11H2,1-2H3,(H,27,32)/t19?,23-/m1/s1. The molecule has 5 rings (SSSR count). The first-order chi connectivity index (χ1) is 15.4. The lowest BCUT2D eigenvalue weighted by molar-refractivity contribution is -0.124. The molecule has 2 saturated heterocycles. The van der Waals surface area contributed by atoms with Crippen LogP contribution in [0.3, 0.4) is 0 Å². The Morgan fingerprint density at radius 3 is 2.84 bits per heavy atom. The third-order valence-electron chi connectivity index (χ3n) is 6.96. The summed E-state index contributed by atoms with van der Waals surface area (Å²) in [5.41, 5.74) is 0.820. The van der Waals surface area contributed by atoms with Gasteiger partial charge in [-0.15, -0.1) is 0 Å². The number of anilines is 2. The lowest BCUT2D eigenvalue weighted by atomic mass is 9.98. The van der Waals surface area contributed by atoms with Crippen molar-refractivity contribution in [3.63, 3.8) is 0 Å². The first-order valence-corrected chi connectivity index (χ1v) is 11.0. The van der Waals surface area contributed by atoms with E-state index in [9.17, 15) is 13.6 Å². The first-order valence-electron chi connectivity index (χ1n) is 11.0. The van der Waals surface area contributed by atoms with Gasteiger partial charge in [-0.2, -0.15) is 5.10 Å². The van der Waals surface area contributed by atoms with E-state index in [0.29, 0.717) is 35.7 Å². The number of amides is 1. The molecule has 1 N–H and O–H groups in total. The van der Waals surface area contributed by atoms with Crippen molar-refractivity contribution in [1.82, 2.24) is 19.5 Å². The number of carbonyl (C=O) groups excluding carboxylic acids is 1. The number of likely N-dealkylation sites (tertiary alicyclic amines) is 1. The maximum absolute atomic E-state index is 14.5. The van der Waals surface area contributed by atoms with E-state index in [1.54, 1.807) is 16.9 Å². The van der Waals surface area contributed by atoms with Gasteiger partial charge in [0.2, 0.25) is 5.91 Å². The van der Waals surface area contributed by atoms with E-state index in [-0.39, 0.29) is 11.9 Å². The second-order valence-corrected chi connectivity index (χ2v) is 8.88. The number of benzene rings is 1. The van der Waals surface area contributed by atoms with Crippen LogP contribution in [0.1, 0.15) is 44.2 Å². The predicted octanol–water partition coefficient (Wildman–Crippen LogP) is 3.77. The van der Waals surface area contributed by atoms with Crippen LogP contribution in [-0.2, 0) is 4.79 Å². The number of hydrogen-bond acceptors (Lipinski definition) is 5. The number of nitrogens with zero attached hydrogens (tertiary/aromatic N) is 5. The van der Waals surface area contributed by atoms with Gasteiger partial charge in [0.05, 0.1) is 17.8 Å². The Balaban J connectivity index is 1.46. The Bertz CT molecular complexity index is 1180. The average molecular weight is 440 g/mol. The fourth-order valence-electron chi connectivity index (χ4n) is 4.88. The van der Waals surface area contributed by atoms with Crippen molar-refractivity contribution >= 4 is 23.1 Å². The first kappa shape index (κ1) is 20.8. The molecule has 4 heterocycles. The normalized spacial score (nSPS) is 23.9. The lowest BCUT2D eigenvalue weighted by Gasteiger charge is -2.30. The highest BCUT2D eigenvalue weighted by atomic mass is 19.1. The number of carbonyl (C=O) groups is 1. The van der Waals surface area contributed by atoms with Gasteiger partial charge >= 0.3 is 0 Å². The molecule has 2 fully saturated rings. The fraction of sp³-hybridized carbons (Fsp3) is 0.435. The Morgan fingerprint density at radius 2 is 2.06 bits per heavy atom. The van der Waals surface area contributed by atoms with Crippen LogP contribution in [-0.4, -0.2) is 51.1 Å². The number of hydrogen-bond donors (Lipinski definition) is 1. The summed E-state index contributed by atoms with van der Waals surface area (Å²) < 4.78 is 29.9. The van der Waals surface area contributed by atoms with Crippen molar-refractivity contribution < 1.29 is 13.6 Å². The lowest BCUT2D eigenvalue weighted by Crippen LogP contribution is -2.48. The van der Waals surface area contributed by atoms with E-state index in [2.05, 4.69) is 15.3 Å². The van der Waals surface area contributed by atoms with E-state index >= 15 is 0 Å². The van der Waals surface area contributed by atoms with Crippen LogP contribution in [0.4, 0.5) is 20.3 Å². The fourth-order valence-corrected chi connectivity index (χ4v) is 4.88. The molecule has 9 heteroatoms. The average Bonchev–Trinajstić information content (AvgIpc) is 3.50. The van der Waals surface area contributed by atoms with E-state index in [0.717, 1.165) is 31.9 Å². The molecular weight excluding hydrogens is 414 g/mol. The maximum atomic E-state index is 14.5. The molecule has 2 aliphatic heterocycles. The molecule has 0 aliphatic carbocycles. The van der Waals surface area contributed by atoms with E-state index in [4.69, 9.17) is 4.98 Å². The molecular formula is C23H26F2N6O. The van der Waals surface area contributed by atoms with Gasteiger partial charge in [0, 0.05) is 18.3 Å². The largest absolute Gasteiger partial charge is 0.349 e. The van der Waals surface area contributed by atoms with Crippen molar-refractivity contribution in [3.05, 3.63) is 53.9 Å². The number of aromatic nitrogens is 3. The molecule has 7 nitrogen and oxygen atoms in total. The highest BCUT2D eigenvalue weighted by molar-refractivity contribution is 6.00. The molecule has 0 radical (unpaired) electrons. The van der Waals surface area contributed by atoms with E-state index in [1.165, 1.54) is 12.1 Å². The molecule has 0 bridgehead atoms. The molecule has 1 aromatic carbocycles.